The first-order chi connectivity index (χ1) is 22.3. The van der Waals surface area contributed by atoms with Crippen molar-refractivity contribution in [3.05, 3.63) is 120 Å². The summed E-state index contributed by atoms with van der Waals surface area (Å²) in [6.45, 7) is 11.5. The van der Waals surface area contributed by atoms with Gasteiger partial charge in [0.15, 0.2) is 0 Å². The molecule has 6 aromatic rings. The topological polar surface area (TPSA) is 9.86 Å². The number of nitrogens with zero attached hydrogens (tertiary/aromatic N) is 2. The zero-order valence-corrected chi connectivity index (χ0v) is 22.5. The van der Waals surface area contributed by atoms with Gasteiger partial charge in [-0.2, -0.15) is 0 Å². The highest BCUT2D eigenvalue weighted by Crippen LogP contribution is 2.36. The van der Waals surface area contributed by atoms with E-state index in [2.05, 4.69) is 0 Å². The third kappa shape index (κ3) is 4.15. The molecule has 0 aliphatic heterocycles. The summed E-state index contributed by atoms with van der Waals surface area (Å²) in [7, 11) is 0. The van der Waals surface area contributed by atoms with E-state index in [4.69, 9.17) is 11.0 Å². The van der Waals surface area contributed by atoms with Crippen LogP contribution in [0.2, 0.25) is 0 Å². The molecular weight excluding hydrogens is 460 g/mol. The Labute approximate surface area is 240 Å². The van der Waals surface area contributed by atoms with E-state index in [9.17, 15) is 2.74 Å². The average Bonchev–Trinajstić information content (AvgIpc) is 3.52. The number of fused-ring (bicyclic) bond motifs is 2. The molecule has 0 atom stereocenters. The van der Waals surface area contributed by atoms with Gasteiger partial charge >= 0.3 is 0 Å². The monoisotopic (exact) mass is 506 g/mol. The Morgan fingerprint density at radius 1 is 0.553 bits per heavy atom. The Balaban J connectivity index is 1.60. The summed E-state index contributed by atoms with van der Waals surface area (Å²) in [5.41, 5.74) is 2.95. The Morgan fingerprint density at radius 3 is 1.34 bits per heavy atom. The van der Waals surface area contributed by atoms with E-state index in [1.165, 1.54) is 0 Å². The fraction of sp³-hybridized carbons (Fsp3) is 0.222. The lowest BCUT2D eigenvalue weighted by molar-refractivity contribution is 0.594. The van der Waals surface area contributed by atoms with Gasteiger partial charge in [0.2, 0.25) is 0 Å². The molecule has 2 heterocycles. The van der Waals surface area contributed by atoms with Gasteiger partial charge in [-0.1, -0.05) is 102 Å². The highest BCUT2D eigenvalue weighted by Gasteiger charge is 2.22. The molecular formula is C36H36N2. The van der Waals surface area contributed by atoms with E-state index >= 15 is 0 Å². The highest BCUT2D eigenvalue weighted by molar-refractivity contribution is 5.88. The van der Waals surface area contributed by atoms with Gasteiger partial charge in [-0.3, -0.25) is 0 Å². The first-order valence-electron chi connectivity index (χ1n) is 17.7. The van der Waals surface area contributed by atoms with Crippen LogP contribution in [0.3, 0.4) is 0 Å². The molecule has 0 amide bonds. The molecule has 4 aromatic carbocycles. The van der Waals surface area contributed by atoms with E-state index in [0.717, 1.165) is 11.1 Å². The van der Waals surface area contributed by atoms with Gasteiger partial charge in [-0.05, 0) is 69.4 Å². The fourth-order valence-corrected chi connectivity index (χ4v) is 4.88. The van der Waals surface area contributed by atoms with Crippen LogP contribution in [0.5, 0.6) is 0 Å². The van der Waals surface area contributed by atoms with Gasteiger partial charge in [0.1, 0.15) is 0 Å². The summed E-state index contributed by atoms with van der Waals surface area (Å²) < 4.78 is 90.0. The van der Waals surface area contributed by atoms with E-state index in [0.29, 0.717) is 33.3 Å². The molecule has 0 saturated heterocycles. The van der Waals surface area contributed by atoms with Crippen molar-refractivity contribution >= 4 is 21.8 Å². The highest BCUT2D eigenvalue weighted by atomic mass is 15.0. The Hall–Kier alpha value is -4.04. The summed E-state index contributed by atoms with van der Waals surface area (Å²) >= 11 is 0. The standard InChI is InChI=1S/C36H36N2/c1-35(2,3)31-23-37(33-19-9-7-17-29(31)33)27-15-11-13-25(21-27)26-14-12-16-28(22-26)38-24-32(36(4,5)6)30-18-8-10-20-34(30)38/h7-24H,1-6H3/i7D,8D,9D,10D,17D,18D,19D,20D,23D,24D. The van der Waals surface area contributed by atoms with E-state index < -0.39 is 10.8 Å². The summed E-state index contributed by atoms with van der Waals surface area (Å²) in [5.74, 6) is 0. The third-order valence-electron chi connectivity index (χ3n) is 6.77. The molecule has 6 rings (SSSR count). The van der Waals surface area contributed by atoms with Crippen LogP contribution in [-0.2, 0) is 10.8 Å². The molecule has 0 N–H and O–H groups in total. The zero-order chi connectivity index (χ0) is 35.4. The normalized spacial score (nSPS) is 16.2. The molecule has 0 aliphatic rings. The maximum absolute atomic E-state index is 9.23. The number of rotatable bonds is 3. The van der Waals surface area contributed by atoms with Crippen molar-refractivity contribution in [3.8, 4) is 22.5 Å². The molecule has 0 radical (unpaired) electrons. The number of para-hydroxylation sites is 2. The largest absolute Gasteiger partial charge is 0.316 e. The summed E-state index contributed by atoms with van der Waals surface area (Å²) in [6, 6.07) is 12.5. The predicted molar refractivity (Wildman–Crippen MR) is 163 cm³/mol. The molecule has 0 unspecified atom stereocenters. The van der Waals surface area contributed by atoms with Gasteiger partial charge in [-0.15, -0.1) is 0 Å². The van der Waals surface area contributed by atoms with Crippen molar-refractivity contribution in [2.24, 2.45) is 0 Å². The molecule has 2 heteroatoms. The lowest BCUT2D eigenvalue weighted by Crippen LogP contribution is -2.10. The van der Waals surface area contributed by atoms with Crippen molar-refractivity contribution in [3.63, 3.8) is 0 Å². The van der Waals surface area contributed by atoms with Crippen LogP contribution < -0.4 is 0 Å². The maximum Gasteiger partial charge on any atom is 0.0826 e. The molecule has 2 aromatic heterocycles. The van der Waals surface area contributed by atoms with Crippen LogP contribution in [0.1, 0.15) is 66.4 Å². The second-order valence-electron chi connectivity index (χ2n) is 11.7. The van der Waals surface area contributed by atoms with Crippen molar-refractivity contribution in [1.29, 1.82) is 0 Å². The summed E-state index contributed by atoms with van der Waals surface area (Å²) in [5, 5.41) is 0.653. The molecule has 190 valence electrons. The molecule has 0 aliphatic carbocycles. The van der Waals surface area contributed by atoms with Gasteiger partial charge < -0.3 is 9.13 Å². The fourth-order valence-electron chi connectivity index (χ4n) is 4.88. The van der Waals surface area contributed by atoms with Crippen molar-refractivity contribution in [1.82, 2.24) is 9.13 Å². The summed E-state index contributed by atoms with van der Waals surface area (Å²) in [4.78, 5) is 0. The molecule has 0 saturated carbocycles. The van der Waals surface area contributed by atoms with Crippen molar-refractivity contribution in [2.75, 3.05) is 0 Å². The lowest BCUT2D eigenvalue weighted by atomic mass is 9.87. The first-order valence-corrected chi connectivity index (χ1v) is 12.7. The minimum atomic E-state index is -0.584. The molecule has 0 bridgehead atoms. The smallest absolute Gasteiger partial charge is 0.0826 e. The van der Waals surface area contributed by atoms with Crippen LogP contribution in [0.4, 0.5) is 0 Å². The molecule has 2 nitrogen and oxygen atoms in total. The molecule has 0 fully saturated rings. The number of hydrogen-bond donors (Lipinski definition) is 0. The first kappa shape index (κ1) is 15.4. The van der Waals surface area contributed by atoms with Crippen LogP contribution in [0.15, 0.2) is 109 Å². The van der Waals surface area contributed by atoms with Gasteiger partial charge in [-0.25, -0.2) is 0 Å². The van der Waals surface area contributed by atoms with Crippen LogP contribution in [0.25, 0.3) is 44.3 Å². The van der Waals surface area contributed by atoms with Gasteiger partial charge in [0, 0.05) is 34.5 Å². The SMILES string of the molecule is [2H]c1c([2H])c([2H])c2c(c1[2H])c(C(C)(C)C)c([2H])n2-c1cccc(-c2cccc(-n3c([2H])c(C(C)(C)C)c4c([2H])c([2H])c([2H])c([2H])c43)c2)c1. The quantitative estimate of drug-likeness (QED) is 0.226. The van der Waals surface area contributed by atoms with Gasteiger partial charge in [0.05, 0.1) is 24.7 Å². The van der Waals surface area contributed by atoms with Crippen LogP contribution in [-0.4, -0.2) is 9.13 Å². The maximum atomic E-state index is 9.23. The Bertz CT molecular complexity index is 2150. The second-order valence-corrected chi connectivity index (χ2v) is 11.7. The van der Waals surface area contributed by atoms with Crippen LogP contribution >= 0.6 is 0 Å². The predicted octanol–water partition coefficient (Wildman–Crippen LogP) is 9.84. The van der Waals surface area contributed by atoms with Crippen LogP contribution in [0, 0.1) is 0 Å². The van der Waals surface area contributed by atoms with E-state index in [1.54, 1.807) is 21.3 Å². The minimum absolute atomic E-state index is 0.0805. The zero-order valence-electron chi connectivity index (χ0n) is 32.5. The van der Waals surface area contributed by atoms with E-state index in [-0.39, 0.29) is 71.7 Å². The second kappa shape index (κ2) is 8.77. The lowest BCUT2D eigenvalue weighted by Gasteiger charge is -2.17. The van der Waals surface area contributed by atoms with E-state index in [1.807, 2.05) is 77.9 Å². The minimum Gasteiger partial charge on any atom is -0.316 e. The molecule has 0 spiro atoms. The number of benzene rings is 4. The van der Waals surface area contributed by atoms with Crippen molar-refractivity contribution < 1.29 is 13.7 Å². The third-order valence-corrected chi connectivity index (χ3v) is 6.77. The average molecular weight is 507 g/mol. The van der Waals surface area contributed by atoms with Gasteiger partial charge in [0.25, 0.3) is 0 Å². The number of aromatic nitrogens is 2. The molecule has 38 heavy (non-hydrogen) atoms. The Kier molecular flexibility index (Phi) is 3.55. The Morgan fingerprint density at radius 2 is 0.947 bits per heavy atom. The van der Waals surface area contributed by atoms with Crippen molar-refractivity contribution in [2.45, 2.75) is 52.4 Å². The summed E-state index contributed by atoms with van der Waals surface area (Å²) in [6.07, 6.45) is 0.161. The number of hydrogen-bond acceptors (Lipinski definition) is 0.